The van der Waals surface area contributed by atoms with Crippen LogP contribution in [-0.2, 0) is 15.1 Å². The predicted octanol–water partition coefficient (Wildman–Crippen LogP) is 4.47. The summed E-state index contributed by atoms with van der Waals surface area (Å²) in [5.74, 6) is 0. The largest absolute Gasteiger partial charge is 0.354 e. The van der Waals surface area contributed by atoms with Crippen molar-refractivity contribution in [3.05, 3.63) is 108 Å². The van der Waals surface area contributed by atoms with E-state index in [1.54, 1.807) is 0 Å². The summed E-state index contributed by atoms with van der Waals surface area (Å²) < 4.78 is 33.8. The molecule has 1 unspecified atom stereocenters. The standard InChI is InChI=1S/C24H21F2NO2/c25-23(26)21-17-29-22(16-28)27(21)24(18-10-4-1-5-11-18,19-12-6-2-7-13-19)20-14-8-3-9-15-20/h1-16,21-23H,17H2/t21-,22?/m0/s1. The highest BCUT2D eigenvalue weighted by Crippen LogP contribution is 2.46. The van der Waals surface area contributed by atoms with Gasteiger partial charge in [0.2, 0.25) is 0 Å². The maximum atomic E-state index is 14.1. The Morgan fingerprint density at radius 3 is 1.59 bits per heavy atom. The van der Waals surface area contributed by atoms with Gasteiger partial charge in [0.05, 0.1) is 12.6 Å². The van der Waals surface area contributed by atoms with Gasteiger partial charge in [0.25, 0.3) is 6.43 Å². The van der Waals surface area contributed by atoms with Crippen LogP contribution < -0.4 is 0 Å². The van der Waals surface area contributed by atoms with E-state index in [-0.39, 0.29) is 6.61 Å². The Hall–Kier alpha value is -2.89. The van der Waals surface area contributed by atoms with Gasteiger partial charge in [0.1, 0.15) is 5.54 Å². The van der Waals surface area contributed by atoms with Crippen LogP contribution in [0.2, 0.25) is 0 Å². The molecule has 0 aromatic heterocycles. The Morgan fingerprint density at radius 1 is 0.828 bits per heavy atom. The smallest absolute Gasteiger partial charge is 0.256 e. The first-order valence-corrected chi connectivity index (χ1v) is 9.49. The predicted molar refractivity (Wildman–Crippen MR) is 107 cm³/mol. The van der Waals surface area contributed by atoms with Gasteiger partial charge in [-0.3, -0.25) is 4.79 Å². The molecule has 0 N–H and O–H groups in total. The average Bonchev–Trinajstić information content (AvgIpc) is 3.21. The molecule has 0 spiro atoms. The van der Waals surface area contributed by atoms with E-state index in [0.29, 0.717) is 6.29 Å². The number of carbonyl (C=O) groups is 1. The van der Waals surface area contributed by atoms with Crippen molar-refractivity contribution in [2.24, 2.45) is 0 Å². The highest BCUT2D eigenvalue weighted by molar-refractivity contribution is 5.59. The van der Waals surface area contributed by atoms with Gasteiger partial charge >= 0.3 is 0 Å². The number of hydrogen-bond acceptors (Lipinski definition) is 3. The summed E-state index contributed by atoms with van der Waals surface area (Å²) in [6.45, 7) is -0.213. The second-order valence-corrected chi connectivity index (χ2v) is 6.98. The molecule has 0 aliphatic carbocycles. The molecule has 3 aromatic rings. The normalized spacial score (nSPS) is 20.1. The Kier molecular flexibility index (Phi) is 5.51. The molecular weight excluding hydrogens is 372 g/mol. The Labute approximate surface area is 168 Å². The van der Waals surface area contributed by atoms with Crippen molar-refractivity contribution in [2.75, 3.05) is 6.61 Å². The third kappa shape index (κ3) is 3.26. The number of benzene rings is 3. The highest BCUT2D eigenvalue weighted by atomic mass is 19.3. The minimum absolute atomic E-state index is 0.213. The molecule has 2 atom stereocenters. The molecule has 1 aliphatic heterocycles. The number of hydrogen-bond donors (Lipinski definition) is 0. The van der Waals surface area contributed by atoms with Crippen molar-refractivity contribution in [3.8, 4) is 0 Å². The Morgan fingerprint density at radius 2 is 1.24 bits per heavy atom. The molecule has 4 rings (SSSR count). The topological polar surface area (TPSA) is 29.5 Å². The van der Waals surface area contributed by atoms with Gasteiger partial charge in [0, 0.05) is 0 Å². The SMILES string of the molecule is O=CC1OC[C@@H](C(F)F)N1C(c1ccccc1)(c1ccccc1)c1ccccc1. The lowest BCUT2D eigenvalue weighted by Gasteiger charge is -2.46. The van der Waals surface area contributed by atoms with Crippen molar-refractivity contribution in [1.82, 2.24) is 4.90 Å². The van der Waals surface area contributed by atoms with Crippen LogP contribution in [0.1, 0.15) is 16.7 Å². The molecule has 3 aromatic carbocycles. The monoisotopic (exact) mass is 393 g/mol. The van der Waals surface area contributed by atoms with Crippen molar-refractivity contribution < 1.29 is 18.3 Å². The van der Waals surface area contributed by atoms with Gasteiger partial charge in [-0.25, -0.2) is 13.7 Å². The Balaban J connectivity index is 2.09. The lowest BCUT2D eigenvalue weighted by atomic mass is 9.74. The minimum atomic E-state index is -2.67. The van der Waals surface area contributed by atoms with Gasteiger partial charge in [-0.2, -0.15) is 0 Å². The number of aldehydes is 1. The fourth-order valence-corrected chi connectivity index (χ4v) is 4.27. The van der Waals surface area contributed by atoms with Crippen LogP contribution in [0.5, 0.6) is 0 Å². The van der Waals surface area contributed by atoms with E-state index in [2.05, 4.69) is 0 Å². The van der Waals surface area contributed by atoms with E-state index < -0.39 is 24.2 Å². The molecule has 1 saturated heterocycles. The summed E-state index contributed by atoms with van der Waals surface area (Å²) in [6.07, 6.45) is -3.16. The number of rotatable bonds is 6. The molecule has 5 heteroatoms. The number of ether oxygens (including phenoxy) is 1. The van der Waals surface area contributed by atoms with Crippen LogP contribution in [-0.4, -0.2) is 36.5 Å². The minimum Gasteiger partial charge on any atom is -0.354 e. The molecule has 0 radical (unpaired) electrons. The second kappa shape index (κ2) is 8.23. The van der Waals surface area contributed by atoms with Gasteiger partial charge in [-0.1, -0.05) is 91.0 Å². The fourth-order valence-electron chi connectivity index (χ4n) is 4.27. The third-order valence-electron chi connectivity index (χ3n) is 5.44. The third-order valence-corrected chi connectivity index (χ3v) is 5.44. The van der Waals surface area contributed by atoms with E-state index in [0.717, 1.165) is 16.7 Å². The molecule has 1 heterocycles. The van der Waals surface area contributed by atoms with E-state index in [9.17, 15) is 13.6 Å². The summed E-state index contributed by atoms with van der Waals surface area (Å²) in [5.41, 5.74) is 1.26. The molecule has 3 nitrogen and oxygen atoms in total. The van der Waals surface area contributed by atoms with E-state index >= 15 is 0 Å². The van der Waals surface area contributed by atoms with Crippen molar-refractivity contribution in [1.29, 1.82) is 0 Å². The molecular formula is C24H21F2NO2. The lowest BCUT2D eigenvalue weighted by Crippen LogP contribution is -2.56. The zero-order valence-electron chi connectivity index (χ0n) is 15.7. The number of nitrogens with zero attached hydrogens (tertiary/aromatic N) is 1. The average molecular weight is 393 g/mol. The molecule has 0 amide bonds. The van der Waals surface area contributed by atoms with Crippen LogP contribution in [0.15, 0.2) is 91.0 Å². The summed E-state index contributed by atoms with van der Waals surface area (Å²) in [6, 6.07) is 27.1. The molecule has 0 saturated carbocycles. The van der Waals surface area contributed by atoms with Gasteiger partial charge in [-0.15, -0.1) is 0 Å². The number of alkyl halides is 2. The van der Waals surface area contributed by atoms with Crippen LogP contribution in [0.25, 0.3) is 0 Å². The van der Waals surface area contributed by atoms with Crippen LogP contribution in [0.4, 0.5) is 8.78 Å². The van der Waals surface area contributed by atoms with Gasteiger partial charge in [0.15, 0.2) is 12.5 Å². The van der Waals surface area contributed by atoms with Crippen molar-refractivity contribution >= 4 is 6.29 Å². The van der Waals surface area contributed by atoms with Crippen LogP contribution in [0, 0.1) is 0 Å². The zero-order chi connectivity index (χ0) is 20.3. The first kappa shape index (κ1) is 19.4. The maximum absolute atomic E-state index is 14.1. The fraction of sp³-hybridized carbons (Fsp3) is 0.208. The van der Waals surface area contributed by atoms with Crippen molar-refractivity contribution in [3.63, 3.8) is 0 Å². The summed E-state index contributed by atoms with van der Waals surface area (Å²) in [4.78, 5) is 13.4. The maximum Gasteiger partial charge on any atom is 0.256 e. The lowest BCUT2D eigenvalue weighted by molar-refractivity contribution is -0.125. The summed E-state index contributed by atoms with van der Waals surface area (Å²) in [5, 5.41) is 0. The van der Waals surface area contributed by atoms with E-state index in [4.69, 9.17) is 4.74 Å². The summed E-state index contributed by atoms with van der Waals surface area (Å²) >= 11 is 0. The van der Waals surface area contributed by atoms with E-state index in [1.165, 1.54) is 4.90 Å². The molecule has 29 heavy (non-hydrogen) atoms. The van der Waals surface area contributed by atoms with Gasteiger partial charge in [-0.05, 0) is 16.7 Å². The van der Waals surface area contributed by atoms with Gasteiger partial charge < -0.3 is 4.74 Å². The van der Waals surface area contributed by atoms with Crippen molar-refractivity contribution in [2.45, 2.75) is 24.2 Å². The highest BCUT2D eigenvalue weighted by Gasteiger charge is 2.54. The first-order chi connectivity index (χ1) is 14.2. The molecule has 0 bridgehead atoms. The van der Waals surface area contributed by atoms with Crippen LogP contribution in [0.3, 0.4) is 0 Å². The molecule has 1 fully saturated rings. The quantitative estimate of drug-likeness (QED) is 0.457. The molecule has 1 aliphatic rings. The summed E-state index contributed by atoms with van der Waals surface area (Å²) in [7, 11) is 0. The zero-order valence-corrected chi connectivity index (χ0v) is 15.7. The number of carbonyl (C=O) groups excluding carboxylic acids is 1. The number of halogens is 2. The van der Waals surface area contributed by atoms with Crippen LogP contribution >= 0.6 is 0 Å². The second-order valence-electron chi connectivity index (χ2n) is 6.98. The van der Waals surface area contributed by atoms with E-state index in [1.807, 2.05) is 91.0 Å². The molecule has 148 valence electrons. The first-order valence-electron chi connectivity index (χ1n) is 9.49. The Bertz CT molecular complexity index is 838.